The number of halogens is 3. The molecule has 0 fully saturated rings. The third-order valence-corrected chi connectivity index (χ3v) is 4.03. The maximum atomic E-state index is 13.7. The summed E-state index contributed by atoms with van der Waals surface area (Å²) in [5, 5.41) is 1.45. The number of rotatable bonds is 6. The molecule has 1 aliphatic heterocycles. The number of anilines is 2. The van der Waals surface area contributed by atoms with Crippen molar-refractivity contribution in [1.29, 1.82) is 0 Å². The number of nitrogens with one attached hydrogen (secondary N) is 2. The maximum Gasteiger partial charge on any atom is 0.318 e. The van der Waals surface area contributed by atoms with E-state index in [1.165, 1.54) is 11.1 Å². The zero-order valence-corrected chi connectivity index (χ0v) is 15.9. The quantitative estimate of drug-likeness (QED) is 0.781. The summed E-state index contributed by atoms with van der Waals surface area (Å²) >= 11 is 0. The van der Waals surface area contributed by atoms with Crippen LogP contribution in [0.1, 0.15) is 18.1 Å². The number of hydrogen-bond acceptors (Lipinski definition) is 7. The van der Waals surface area contributed by atoms with Crippen molar-refractivity contribution in [3.05, 3.63) is 53.2 Å². The van der Waals surface area contributed by atoms with Gasteiger partial charge in [-0.3, -0.25) is 5.01 Å². The second-order valence-electron chi connectivity index (χ2n) is 6.66. The second-order valence-corrected chi connectivity index (χ2v) is 6.66. The second kappa shape index (κ2) is 7.55. The normalized spacial score (nSPS) is 14.0. The van der Waals surface area contributed by atoms with E-state index in [-0.39, 0.29) is 12.6 Å². The Morgan fingerprint density at radius 1 is 1.29 bits per heavy atom. The van der Waals surface area contributed by atoms with Crippen LogP contribution in [-0.2, 0) is 5.92 Å². The van der Waals surface area contributed by atoms with Crippen molar-refractivity contribution in [3.63, 3.8) is 0 Å². The van der Waals surface area contributed by atoms with Crippen LogP contribution in [0.25, 0.3) is 0 Å². The Balaban J connectivity index is 1.70. The lowest BCUT2D eigenvalue weighted by atomic mass is 10.1. The summed E-state index contributed by atoms with van der Waals surface area (Å²) in [6.45, 7) is 2.68. The first kappa shape index (κ1) is 19.7. The minimum atomic E-state index is -3.28. The first-order valence-electron chi connectivity index (χ1n) is 8.48. The van der Waals surface area contributed by atoms with E-state index >= 15 is 0 Å². The molecule has 2 heterocycles. The van der Waals surface area contributed by atoms with Crippen molar-refractivity contribution in [2.45, 2.75) is 19.8 Å². The van der Waals surface area contributed by atoms with Crippen LogP contribution in [0.15, 0.2) is 36.3 Å². The van der Waals surface area contributed by atoms with E-state index in [4.69, 9.17) is 4.74 Å². The Morgan fingerprint density at radius 3 is 2.71 bits per heavy atom. The first-order valence-corrected chi connectivity index (χ1v) is 8.48. The zero-order valence-electron chi connectivity index (χ0n) is 15.9. The molecular weight excluding hydrogens is 373 g/mol. The third kappa shape index (κ3) is 4.28. The molecule has 2 aromatic rings. The number of aryl methyl sites for hydroxylation is 1. The van der Waals surface area contributed by atoms with Gasteiger partial charge in [0.1, 0.15) is 18.2 Å². The van der Waals surface area contributed by atoms with Crippen LogP contribution in [0.3, 0.4) is 0 Å². The zero-order chi connectivity index (χ0) is 20.5. The molecule has 2 N–H and O–H groups in total. The molecule has 7 nitrogen and oxygen atoms in total. The van der Waals surface area contributed by atoms with Crippen molar-refractivity contribution >= 4 is 11.5 Å². The van der Waals surface area contributed by atoms with Crippen molar-refractivity contribution in [3.8, 4) is 6.01 Å². The summed E-state index contributed by atoms with van der Waals surface area (Å²) in [5.41, 5.74) is 6.86. The number of hydrazine groups is 2. The van der Waals surface area contributed by atoms with Gasteiger partial charge in [-0.2, -0.15) is 4.98 Å². The lowest BCUT2D eigenvalue weighted by Crippen LogP contribution is -2.37. The monoisotopic (exact) mass is 394 g/mol. The van der Waals surface area contributed by atoms with Gasteiger partial charge in [-0.05, 0) is 25.1 Å². The molecule has 0 saturated carbocycles. The van der Waals surface area contributed by atoms with Gasteiger partial charge in [-0.25, -0.2) is 18.2 Å². The molecule has 1 aromatic heterocycles. The van der Waals surface area contributed by atoms with Crippen LogP contribution < -0.4 is 25.6 Å². The topological polar surface area (TPSA) is 65.5 Å². The molecule has 0 amide bonds. The van der Waals surface area contributed by atoms with Crippen LogP contribution in [0, 0.1) is 12.7 Å². The minimum absolute atomic E-state index is 0.122. The van der Waals surface area contributed by atoms with Gasteiger partial charge in [-0.15, -0.1) is 5.53 Å². The largest absolute Gasteiger partial charge is 0.457 e. The Kier molecular flexibility index (Phi) is 5.32. The van der Waals surface area contributed by atoms with Gasteiger partial charge < -0.3 is 15.1 Å². The molecule has 0 aliphatic carbocycles. The number of benzene rings is 1. The summed E-state index contributed by atoms with van der Waals surface area (Å²) in [5.74, 6) is -3.49. The Bertz CT molecular complexity index is 897. The van der Waals surface area contributed by atoms with E-state index in [2.05, 4.69) is 20.9 Å². The Hall–Kier alpha value is -3.01. The van der Waals surface area contributed by atoms with Gasteiger partial charge in [0.15, 0.2) is 0 Å². The average Bonchev–Trinajstić information content (AvgIpc) is 3.09. The number of nitrogens with zero attached hydrogens (tertiary/aromatic N) is 4. The molecule has 0 atom stereocenters. The minimum Gasteiger partial charge on any atom is -0.457 e. The molecule has 150 valence electrons. The molecule has 1 aromatic carbocycles. The summed E-state index contributed by atoms with van der Waals surface area (Å²) in [7, 11) is 3.75. The van der Waals surface area contributed by atoms with Crippen molar-refractivity contribution < 1.29 is 17.9 Å². The van der Waals surface area contributed by atoms with Gasteiger partial charge in [-0.1, -0.05) is 0 Å². The summed E-state index contributed by atoms with van der Waals surface area (Å²) in [6.07, 6.45) is 3.29. The van der Waals surface area contributed by atoms with Gasteiger partial charge in [0.2, 0.25) is 0 Å². The highest BCUT2D eigenvalue weighted by atomic mass is 19.3. The summed E-state index contributed by atoms with van der Waals surface area (Å²) < 4.78 is 46.3. The van der Waals surface area contributed by atoms with Gasteiger partial charge >= 0.3 is 6.01 Å². The number of ether oxygens (including phenoxy) is 1. The lowest BCUT2D eigenvalue weighted by molar-refractivity contribution is 0.0138. The predicted octanol–water partition coefficient (Wildman–Crippen LogP) is 2.85. The molecule has 10 heteroatoms. The van der Waals surface area contributed by atoms with Gasteiger partial charge in [0, 0.05) is 39.0 Å². The third-order valence-electron chi connectivity index (χ3n) is 4.03. The van der Waals surface area contributed by atoms with E-state index in [0.29, 0.717) is 18.3 Å². The van der Waals surface area contributed by atoms with Crippen molar-refractivity contribution in [2.75, 3.05) is 30.6 Å². The fourth-order valence-corrected chi connectivity index (χ4v) is 2.65. The molecule has 0 spiro atoms. The van der Waals surface area contributed by atoms with Gasteiger partial charge in [0.25, 0.3) is 5.92 Å². The van der Waals surface area contributed by atoms with Crippen LogP contribution >= 0.6 is 0 Å². The molecule has 28 heavy (non-hydrogen) atoms. The smallest absolute Gasteiger partial charge is 0.318 e. The fourth-order valence-electron chi connectivity index (χ4n) is 2.65. The molecule has 0 bridgehead atoms. The number of alkyl halides is 2. The summed E-state index contributed by atoms with van der Waals surface area (Å²) in [6, 6.07) is 3.71. The SMILES string of the molecule is Cc1cnc(OCC2=CN(c3ccc(F)c(C(C)(F)F)c3)NN2)nc1N(C)C. The number of aromatic nitrogens is 2. The van der Waals surface area contributed by atoms with E-state index in [9.17, 15) is 13.2 Å². The number of hydrogen-bond donors (Lipinski definition) is 2. The molecule has 0 unspecified atom stereocenters. The molecule has 0 saturated heterocycles. The Morgan fingerprint density at radius 2 is 2.04 bits per heavy atom. The van der Waals surface area contributed by atoms with E-state index in [1.807, 2.05) is 25.9 Å². The predicted molar refractivity (Wildman–Crippen MR) is 99.4 cm³/mol. The van der Waals surface area contributed by atoms with Crippen LogP contribution in [0.2, 0.25) is 0 Å². The highest BCUT2D eigenvalue weighted by molar-refractivity contribution is 5.52. The van der Waals surface area contributed by atoms with E-state index in [0.717, 1.165) is 23.5 Å². The average molecular weight is 394 g/mol. The standard InChI is InChI=1S/C18H21F3N6O/c1-11-8-22-17(23-16(11)26(3)4)28-10-12-9-27(25-24-12)13-5-6-15(19)14(7-13)18(2,20)21/h5-9,24-25H,10H2,1-4H3. The highest BCUT2D eigenvalue weighted by Gasteiger charge is 2.29. The summed E-state index contributed by atoms with van der Waals surface area (Å²) in [4.78, 5) is 10.3. The van der Waals surface area contributed by atoms with Crippen LogP contribution in [0.4, 0.5) is 24.7 Å². The van der Waals surface area contributed by atoms with E-state index in [1.54, 1.807) is 12.4 Å². The molecular formula is C18H21F3N6O. The van der Waals surface area contributed by atoms with Crippen LogP contribution in [-0.4, -0.2) is 30.7 Å². The van der Waals surface area contributed by atoms with Crippen molar-refractivity contribution in [2.24, 2.45) is 0 Å². The van der Waals surface area contributed by atoms with Crippen molar-refractivity contribution in [1.82, 2.24) is 20.9 Å². The lowest BCUT2D eigenvalue weighted by Gasteiger charge is -2.18. The highest BCUT2D eigenvalue weighted by Crippen LogP contribution is 2.32. The van der Waals surface area contributed by atoms with Gasteiger partial charge in [0.05, 0.1) is 16.9 Å². The first-order chi connectivity index (χ1) is 13.1. The molecule has 1 aliphatic rings. The molecule has 0 radical (unpaired) electrons. The fraction of sp³-hybridized carbons (Fsp3) is 0.333. The van der Waals surface area contributed by atoms with E-state index < -0.39 is 17.3 Å². The maximum absolute atomic E-state index is 13.7. The Labute approximate surface area is 160 Å². The van der Waals surface area contributed by atoms with Crippen LogP contribution in [0.5, 0.6) is 6.01 Å². The molecule has 3 rings (SSSR count).